The Balaban J connectivity index is 1.73. The average Bonchev–Trinajstić information content (AvgIpc) is 3.17. The molecular weight excluding hydrogens is 434 g/mol. The largest absolute Gasteiger partial charge is 0.493 e. The maximum atomic E-state index is 12.9. The molecule has 0 bridgehead atoms. The minimum absolute atomic E-state index is 0.0527. The molecule has 1 aliphatic rings. The molecule has 1 saturated heterocycles. The third kappa shape index (κ3) is 5.04. The van der Waals surface area contributed by atoms with Gasteiger partial charge in [0.2, 0.25) is 5.91 Å². The monoisotopic (exact) mass is 465 g/mol. The van der Waals surface area contributed by atoms with Crippen LogP contribution in [-0.4, -0.2) is 63.5 Å². The summed E-state index contributed by atoms with van der Waals surface area (Å²) in [7, 11) is 0. The Hall–Kier alpha value is -3.46. The number of hydrogen-bond donors (Lipinski definition) is 1. The van der Waals surface area contributed by atoms with Gasteiger partial charge in [-0.1, -0.05) is 19.9 Å². The van der Waals surface area contributed by atoms with Crippen LogP contribution in [0.5, 0.6) is 5.75 Å². The topological polar surface area (TPSA) is 102 Å². The number of carbonyl (C=O) groups is 1. The van der Waals surface area contributed by atoms with Crippen LogP contribution in [0.25, 0.3) is 28.5 Å². The first-order chi connectivity index (χ1) is 16.5. The van der Waals surface area contributed by atoms with Crippen molar-refractivity contribution in [1.82, 2.24) is 24.6 Å². The summed E-state index contributed by atoms with van der Waals surface area (Å²) in [6.45, 7) is 9.42. The number of fused-ring (bicyclic) bond motifs is 1. The quantitative estimate of drug-likeness (QED) is 0.513. The number of morpholine rings is 1. The molecule has 1 amide bonds. The molecule has 2 aromatic heterocycles. The second-order valence-corrected chi connectivity index (χ2v) is 8.30. The van der Waals surface area contributed by atoms with Crippen LogP contribution in [0.15, 0.2) is 29.1 Å². The molecule has 1 fully saturated rings. The number of benzene rings is 1. The lowest BCUT2D eigenvalue weighted by molar-refractivity contribution is -0.129. The van der Waals surface area contributed by atoms with Crippen molar-refractivity contribution in [3.05, 3.63) is 45.9 Å². The van der Waals surface area contributed by atoms with Crippen LogP contribution in [-0.2, 0) is 16.1 Å². The first kappa shape index (κ1) is 23.7. The van der Waals surface area contributed by atoms with Gasteiger partial charge in [0.25, 0.3) is 5.56 Å². The number of H-pyrrole nitrogens is 1. The molecular formula is C25H31N5O4. The van der Waals surface area contributed by atoms with Crippen molar-refractivity contribution in [2.75, 3.05) is 32.9 Å². The third-order valence-electron chi connectivity index (χ3n) is 5.67. The van der Waals surface area contributed by atoms with Crippen LogP contribution < -0.4 is 10.3 Å². The molecule has 0 unspecified atom stereocenters. The van der Waals surface area contributed by atoms with Crippen molar-refractivity contribution >= 4 is 23.0 Å². The van der Waals surface area contributed by atoms with Gasteiger partial charge in [-0.3, -0.25) is 9.59 Å². The molecule has 0 saturated carbocycles. The zero-order chi connectivity index (χ0) is 24.1. The molecule has 9 heteroatoms. The van der Waals surface area contributed by atoms with Gasteiger partial charge < -0.3 is 19.4 Å². The van der Waals surface area contributed by atoms with Gasteiger partial charge >= 0.3 is 0 Å². The lowest BCUT2D eigenvalue weighted by Gasteiger charge is -2.25. The van der Waals surface area contributed by atoms with Gasteiger partial charge in [0.1, 0.15) is 17.0 Å². The van der Waals surface area contributed by atoms with Crippen molar-refractivity contribution in [2.45, 2.75) is 40.2 Å². The van der Waals surface area contributed by atoms with E-state index in [0.717, 1.165) is 18.4 Å². The summed E-state index contributed by atoms with van der Waals surface area (Å²) in [5.41, 5.74) is 2.45. The lowest BCUT2D eigenvalue weighted by atomic mass is 10.1. The van der Waals surface area contributed by atoms with E-state index >= 15 is 0 Å². The summed E-state index contributed by atoms with van der Waals surface area (Å²) in [4.78, 5) is 34.9. The average molecular weight is 466 g/mol. The summed E-state index contributed by atoms with van der Waals surface area (Å²) in [5, 5.41) is 5.00. The number of rotatable bonds is 8. The predicted molar refractivity (Wildman–Crippen MR) is 131 cm³/mol. The molecule has 0 radical (unpaired) electrons. The minimum Gasteiger partial charge on any atom is -0.493 e. The number of ether oxygens (including phenoxy) is 2. The Morgan fingerprint density at radius 2 is 2.03 bits per heavy atom. The zero-order valence-corrected chi connectivity index (χ0v) is 20.0. The van der Waals surface area contributed by atoms with Gasteiger partial charge in [-0.15, -0.1) is 0 Å². The maximum Gasteiger partial charge on any atom is 0.262 e. The molecule has 1 N–H and O–H groups in total. The van der Waals surface area contributed by atoms with E-state index in [-0.39, 0.29) is 11.5 Å². The summed E-state index contributed by atoms with van der Waals surface area (Å²) in [6, 6.07) is 5.62. The Morgan fingerprint density at radius 1 is 1.24 bits per heavy atom. The van der Waals surface area contributed by atoms with E-state index in [1.54, 1.807) is 21.7 Å². The fourth-order valence-corrected chi connectivity index (χ4v) is 3.98. The highest BCUT2D eigenvalue weighted by Gasteiger charge is 2.18. The molecule has 1 aliphatic heterocycles. The van der Waals surface area contributed by atoms with E-state index in [2.05, 4.69) is 17.0 Å². The standard InChI is InChI=1S/C25H31N5O4/c1-4-10-30-24-22(17(3)28-30)25(32)27-23(26-24)19-16-18(6-8-20(19)34-13-5-2)7-9-21(31)29-11-14-33-15-12-29/h6-9,16H,4-5,10-15H2,1-3H3,(H,26,27,32). The normalized spacial score (nSPS) is 14.3. The summed E-state index contributed by atoms with van der Waals surface area (Å²) in [5.74, 6) is 0.984. The van der Waals surface area contributed by atoms with Crippen LogP contribution in [0, 0.1) is 6.92 Å². The Morgan fingerprint density at radius 3 is 2.76 bits per heavy atom. The first-order valence-corrected chi connectivity index (χ1v) is 11.8. The Labute approximate surface area is 198 Å². The smallest absolute Gasteiger partial charge is 0.262 e. The molecule has 3 aromatic rings. The number of aromatic nitrogens is 4. The molecule has 1 aromatic carbocycles. The van der Waals surface area contributed by atoms with Gasteiger partial charge in [-0.25, -0.2) is 9.67 Å². The van der Waals surface area contributed by atoms with E-state index in [1.165, 1.54) is 0 Å². The zero-order valence-electron chi connectivity index (χ0n) is 20.0. The minimum atomic E-state index is -0.232. The summed E-state index contributed by atoms with van der Waals surface area (Å²) >= 11 is 0. The van der Waals surface area contributed by atoms with Crippen LogP contribution in [0.1, 0.15) is 37.9 Å². The second-order valence-electron chi connectivity index (χ2n) is 8.30. The highest BCUT2D eigenvalue weighted by atomic mass is 16.5. The van der Waals surface area contributed by atoms with E-state index in [4.69, 9.17) is 14.5 Å². The van der Waals surface area contributed by atoms with Crippen molar-refractivity contribution in [3.8, 4) is 17.1 Å². The molecule has 4 rings (SSSR count). The highest BCUT2D eigenvalue weighted by Crippen LogP contribution is 2.30. The molecule has 0 spiro atoms. The van der Waals surface area contributed by atoms with Gasteiger partial charge in [0, 0.05) is 25.7 Å². The van der Waals surface area contributed by atoms with Crippen molar-refractivity contribution in [3.63, 3.8) is 0 Å². The Bertz CT molecular complexity index is 1250. The van der Waals surface area contributed by atoms with E-state index in [9.17, 15) is 9.59 Å². The van der Waals surface area contributed by atoms with Gasteiger partial charge in [-0.2, -0.15) is 5.10 Å². The van der Waals surface area contributed by atoms with E-state index in [1.807, 2.05) is 32.0 Å². The molecule has 34 heavy (non-hydrogen) atoms. The van der Waals surface area contributed by atoms with Crippen molar-refractivity contribution in [1.29, 1.82) is 0 Å². The van der Waals surface area contributed by atoms with Crippen molar-refractivity contribution in [2.24, 2.45) is 0 Å². The molecule has 9 nitrogen and oxygen atoms in total. The Kier molecular flexibility index (Phi) is 7.42. The van der Waals surface area contributed by atoms with Crippen LogP contribution in [0.3, 0.4) is 0 Å². The number of nitrogens with zero attached hydrogens (tertiary/aromatic N) is 4. The highest BCUT2D eigenvalue weighted by molar-refractivity contribution is 5.92. The van der Waals surface area contributed by atoms with Crippen LogP contribution in [0.4, 0.5) is 0 Å². The summed E-state index contributed by atoms with van der Waals surface area (Å²) in [6.07, 6.45) is 5.06. The predicted octanol–water partition coefficient (Wildman–Crippen LogP) is 3.17. The van der Waals surface area contributed by atoms with Crippen molar-refractivity contribution < 1.29 is 14.3 Å². The lowest BCUT2D eigenvalue weighted by Crippen LogP contribution is -2.39. The second kappa shape index (κ2) is 10.6. The fraction of sp³-hybridized carbons (Fsp3) is 0.440. The molecule has 0 atom stereocenters. The molecule has 180 valence electrons. The number of carbonyl (C=O) groups excluding carboxylic acids is 1. The SMILES string of the molecule is CCCOc1ccc(C=CC(=O)N2CCOCC2)cc1-c1nc2c(c(C)nn2CCC)c(=O)[nH]1. The number of hydrogen-bond acceptors (Lipinski definition) is 6. The molecule has 0 aliphatic carbocycles. The van der Waals surface area contributed by atoms with Crippen LogP contribution in [0.2, 0.25) is 0 Å². The number of amides is 1. The molecule has 3 heterocycles. The van der Waals surface area contributed by atoms with E-state index < -0.39 is 0 Å². The fourth-order valence-electron chi connectivity index (χ4n) is 3.98. The maximum absolute atomic E-state index is 12.9. The first-order valence-electron chi connectivity index (χ1n) is 11.8. The van der Waals surface area contributed by atoms with E-state index in [0.29, 0.717) is 73.3 Å². The number of aryl methyl sites for hydroxylation is 2. The summed E-state index contributed by atoms with van der Waals surface area (Å²) < 4.78 is 13.0. The van der Waals surface area contributed by atoms with Gasteiger partial charge in [0.15, 0.2) is 5.65 Å². The third-order valence-corrected chi connectivity index (χ3v) is 5.67. The van der Waals surface area contributed by atoms with Crippen LogP contribution >= 0.6 is 0 Å². The number of nitrogens with one attached hydrogen (secondary N) is 1. The van der Waals surface area contributed by atoms with Gasteiger partial charge in [-0.05, 0) is 43.5 Å². The van der Waals surface area contributed by atoms with Gasteiger partial charge in [0.05, 0.1) is 31.1 Å². The number of aromatic amines is 1.